The summed E-state index contributed by atoms with van der Waals surface area (Å²) < 4.78 is 9.10. The fourth-order valence-corrected chi connectivity index (χ4v) is 37.7. The summed E-state index contributed by atoms with van der Waals surface area (Å²) >= 11 is -2.06. The van der Waals surface area contributed by atoms with Crippen LogP contribution >= 0.6 is 24.8 Å². The molecule has 2 aliphatic carbocycles. The third kappa shape index (κ3) is 4.90. The van der Waals surface area contributed by atoms with Crippen LogP contribution in [0.1, 0.15) is 38.8 Å². The first-order chi connectivity index (χ1) is 18.1. The molecule has 0 amide bonds. The van der Waals surface area contributed by atoms with Crippen molar-refractivity contribution in [1.82, 2.24) is 0 Å². The first kappa shape index (κ1) is 31.3. The van der Waals surface area contributed by atoms with Crippen LogP contribution in [0.15, 0.2) is 115 Å². The molecule has 0 radical (unpaired) electrons. The van der Waals surface area contributed by atoms with E-state index in [0.717, 1.165) is 0 Å². The van der Waals surface area contributed by atoms with Gasteiger partial charge in [0.15, 0.2) is 0 Å². The predicted molar refractivity (Wildman–Crippen MR) is 182 cm³/mol. The molecule has 2 atom stereocenters. The summed E-state index contributed by atoms with van der Waals surface area (Å²) in [7, 11) is 0. The second-order valence-electron chi connectivity index (χ2n) is 12.6. The van der Waals surface area contributed by atoms with Gasteiger partial charge in [-0.1, -0.05) is 0 Å². The molecule has 0 fully saturated rings. The van der Waals surface area contributed by atoms with Gasteiger partial charge < -0.3 is 0 Å². The van der Waals surface area contributed by atoms with Gasteiger partial charge in [-0.05, 0) is 0 Å². The molecular weight excluding hydrogens is 667 g/mol. The maximum atomic E-state index is 2.74. The van der Waals surface area contributed by atoms with Gasteiger partial charge in [0.05, 0.1) is 0 Å². The van der Waals surface area contributed by atoms with Gasteiger partial charge in [-0.15, -0.1) is 24.8 Å². The molecule has 4 aromatic carbocycles. The Morgan fingerprint density at radius 3 is 1.30 bits per heavy atom. The summed E-state index contributed by atoms with van der Waals surface area (Å²) in [5.41, 5.74) is 8.84. The molecule has 40 heavy (non-hydrogen) atoms. The standard InChI is InChI=1S/2C17H15.2CH3.2ClH.GeH2.Zr/c2*1-12-10-13(2)17(11-12)16-9-5-7-14-6-3-4-8-15(14)16;;;;;;/h2*3-9,11-12H,1-2H3;2*1H3;2*1H;1H2;. The number of benzene rings is 4. The van der Waals surface area contributed by atoms with Gasteiger partial charge in [0.2, 0.25) is 0 Å². The SMILES string of the molecule is CC1=[C]([Zr]([CH3])([CH3])(=[GeH2])[C]2=C(C)C(c3cccc4ccccc34)=CC2C)C(C)C=C1c1cccc2ccccc12.Cl.Cl. The normalized spacial score (nSPS) is 19.5. The number of fused-ring (bicyclic) bond motifs is 2. The monoisotopic (exact) mass is 706 g/mol. The second kappa shape index (κ2) is 11.2. The Labute approximate surface area is 257 Å². The average Bonchev–Trinajstić information content (AvgIpc) is 3.37. The first-order valence-corrected chi connectivity index (χ1v) is 31.9. The number of hydrogen-bond acceptors (Lipinski definition) is 0. The summed E-state index contributed by atoms with van der Waals surface area (Å²) in [6.45, 7) is 9.77. The molecule has 0 aromatic heterocycles. The van der Waals surface area contributed by atoms with Crippen LogP contribution in [-0.2, 0) is 15.7 Å². The predicted octanol–water partition coefficient (Wildman–Crippen LogP) is 10.5. The molecule has 0 aliphatic heterocycles. The quantitative estimate of drug-likeness (QED) is 0.185. The molecule has 206 valence electrons. The van der Waals surface area contributed by atoms with Crippen LogP contribution in [0.3, 0.4) is 0 Å². The Bertz CT molecular complexity index is 1710. The van der Waals surface area contributed by atoms with E-state index in [1.54, 1.807) is 11.1 Å². The van der Waals surface area contributed by atoms with E-state index in [9.17, 15) is 0 Å². The van der Waals surface area contributed by atoms with E-state index in [1.807, 2.05) is 6.56 Å². The number of halogens is 2. The fourth-order valence-electron chi connectivity index (χ4n) is 8.20. The summed E-state index contributed by atoms with van der Waals surface area (Å²) in [6.07, 6.45) is 5.16. The molecule has 0 N–H and O–H groups in total. The Kier molecular flexibility index (Phi) is 8.78. The van der Waals surface area contributed by atoms with Crippen LogP contribution in [0, 0.1) is 11.8 Å². The molecule has 4 aromatic rings. The van der Waals surface area contributed by atoms with Gasteiger partial charge in [-0.2, -0.15) is 0 Å². The van der Waals surface area contributed by atoms with Crippen molar-refractivity contribution in [3.05, 3.63) is 126 Å². The minimum atomic E-state index is -3.45. The molecular formula is C36H40Cl2GeZr. The van der Waals surface area contributed by atoms with Crippen molar-refractivity contribution in [3.8, 4) is 0 Å². The zero-order valence-electron chi connectivity index (χ0n) is 24.4. The van der Waals surface area contributed by atoms with Crippen molar-refractivity contribution in [2.45, 2.75) is 37.0 Å². The Hall–Kier alpha value is -1.63. The average molecular weight is 707 g/mol. The van der Waals surface area contributed by atoms with E-state index in [2.05, 4.69) is 134 Å². The molecule has 0 nitrogen and oxygen atoms in total. The van der Waals surface area contributed by atoms with Gasteiger partial charge in [0.25, 0.3) is 0 Å². The molecule has 0 saturated heterocycles. The molecule has 6 rings (SSSR count). The maximum Gasteiger partial charge on any atom is -0.147 e. The zero-order valence-corrected chi connectivity index (χ0v) is 31.5. The van der Waals surface area contributed by atoms with Crippen molar-refractivity contribution >= 4 is 69.6 Å². The van der Waals surface area contributed by atoms with E-state index in [-0.39, 0.29) is 24.8 Å². The van der Waals surface area contributed by atoms with Crippen molar-refractivity contribution in [2.75, 3.05) is 0 Å². The van der Waals surface area contributed by atoms with Crippen LogP contribution < -0.4 is 0 Å². The Morgan fingerprint density at radius 1 is 0.550 bits per heavy atom. The van der Waals surface area contributed by atoms with Gasteiger partial charge in [0.1, 0.15) is 0 Å². The fraction of sp³-hybridized carbons (Fsp3) is 0.222. The summed E-state index contributed by atoms with van der Waals surface area (Å²) in [4.78, 5) is 0. The Balaban J connectivity index is 0.00000185. The molecule has 0 heterocycles. The van der Waals surface area contributed by atoms with Crippen molar-refractivity contribution in [3.63, 3.8) is 0 Å². The van der Waals surface area contributed by atoms with Crippen LogP contribution in [0.5, 0.6) is 0 Å². The number of hydrogen-bond donors (Lipinski definition) is 0. The molecule has 2 unspecified atom stereocenters. The van der Waals surface area contributed by atoms with Crippen LogP contribution in [-0.4, -0.2) is 12.1 Å². The number of rotatable bonds is 4. The summed E-state index contributed by atoms with van der Waals surface area (Å²) in [6, 6.07) is 31.3. The van der Waals surface area contributed by atoms with E-state index in [0.29, 0.717) is 11.8 Å². The van der Waals surface area contributed by atoms with Crippen molar-refractivity contribution in [2.24, 2.45) is 11.8 Å². The van der Waals surface area contributed by atoms with Crippen LogP contribution in [0.4, 0.5) is 0 Å². The minimum absolute atomic E-state index is 0. The van der Waals surface area contributed by atoms with Gasteiger partial charge in [-0.25, -0.2) is 0 Å². The third-order valence-corrected chi connectivity index (χ3v) is 31.3. The van der Waals surface area contributed by atoms with E-state index in [4.69, 9.17) is 0 Å². The van der Waals surface area contributed by atoms with Gasteiger partial charge in [0, 0.05) is 0 Å². The molecule has 0 saturated carbocycles. The van der Waals surface area contributed by atoms with Crippen molar-refractivity contribution < 1.29 is 15.7 Å². The maximum absolute atomic E-state index is 3.45. The van der Waals surface area contributed by atoms with Crippen LogP contribution in [0.25, 0.3) is 32.7 Å². The zero-order chi connectivity index (χ0) is 26.8. The second-order valence-corrected chi connectivity index (χ2v) is 54.7. The van der Waals surface area contributed by atoms with Crippen molar-refractivity contribution in [1.29, 1.82) is 0 Å². The summed E-state index contributed by atoms with van der Waals surface area (Å²) in [5, 5.41) is 5.39. The topological polar surface area (TPSA) is 0 Å². The minimum Gasteiger partial charge on any atom is -0.147 e. The van der Waals surface area contributed by atoms with E-state index < -0.39 is 15.7 Å². The largest absolute Gasteiger partial charge is 0.147 e. The van der Waals surface area contributed by atoms with E-state index >= 15 is 0 Å². The molecule has 0 bridgehead atoms. The van der Waals surface area contributed by atoms with Gasteiger partial charge >= 0.3 is 235 Å². The van der Waals surface area contributed by atoms with E-state index in [1.165, 1.54) is 56.0 Å². The number of allylic oxidation sites excluding steroid dienone is 8. The Morgan fingerprint density at radius 2 is 0.900 bits per heavy atom. The molecule has 2 aliphatic rings. The molecule has 4 heteroatoms. The summed E-state index contributed by atoms with van der Waals surface area (Å²) in [5.74, 6) is 0.986. The molecule has 0 spiro atoms. The van der Waals surface area contributed by atoms with Gasteiger partial charge in [-0.3, -0.25) is 0 Å². The third-order valence-electron chi connectivity index (χ3n) is 9.25. The first-order valence-electron chi connectivity index (χ1n) is 14.0. The smallest absolute Gasteiger partial charge is 0.147 e. The van der Waals surface area contributed by atoms with Crippen LogP contribution in [0.2, 0.25) is 9.26 Å².